The fourth-order valence-corrected chi connectivity index (χ4v) is 2.65. The van der Waals surface area contributed by atoms with Gasteiger partial charge in [-0.1, -0.05) is 0 Å². The van der Waals surface area contributed by atoms with Crippen molar-refractivity contribution in [2.24, 2.45) is 0 Å². The van der Waals surface area contributed by atoms with Gasteiger partial charge in [-0.2, -0.15) is 13.2 Å². The first-order valence-electron chi connectivity index (χ1n) is 4.39. The van der Waals surface area contributed by atoms with Crippen molar-refractivity contribution in [3.05, 3.63) is 34.0 Å². The van der Waals surface area contributed by atoms with Crippen molar-refractivity contribution < 1.29 is 22.4 Å². The van der Waals surface area contributed by atoms with E-state index < -0.39 is 17.5 Å². The van der Waals surface area contributed by atoms with Gasteiger partial charge in [-0.25, -0.2) is 0 Å². The van der Waals surface area contributed by atoms with Gasteiger partial charge in [0.15, 0.2) is 5.76 Å². The molecule has 1 rings (SSSR count). The molecule has 0 amide bonds. The number of hydrogen-bond donors (Lipinski definition) is 0. The molecular formula is C10H9F3O2S2. The first-order valence-corrected chi connectivity index (χ1v) is 6.84. The van der Waals surface area contributed by atoms with Gasteiger partial charge in [0.25, 0.3) is 0 Å². The zero-order chi connectivity index (χ0) is 13.1. The smallest absolute Gasteiger partial charge is 0.421 e. The Morgan fingerprint density at radius 3 is 2.24 bits per heavy atom. The van der Waals surface area contributed by atoms with E-state index in [-0.39, 0.29) is 10.00 Å². The van der Waals surface area contributed by atoms with E-state index in [4.69, 9.17) is 4.42 Å². The number of rotatable bonds is 4. The topological polar surface area (TPSA) is 30.2 Å². The van der Waals surface area contributed by atoms with Gasteiger partial charge in [0, 0.05) is 0 Å². The number of furan rings is 1. The summed E-state index contributed by atoms with van der Waals surface area (Å²) < 4.78 is 43.2. The molecule has 0 spiro atoms. The van der Waals surface area contributed by atoms with E-state index in [0.717, 1.165) is 23.5 Å². The van der Waals surface area contributed by atoms with E-state index in [1.807, 2.05) is 0 Å². The van der Waals surface area contributed by atoms with E-state index in [1.54, 1.807) is 0 Å². The third-order valence-corrected chi connectivity index (χ3v) is 3.98. The highest BCUT2D eigenvalue weighted by Crippen LogP contribution is 2.38. The van der Waals surface area contributed by atoms with Crippen LogP contribution >= 0.6 is 23.5 Å². The number of thioether (sulfide) groups is 2. The van der Waals surface area contributed by atoms with E-state index in [1.165, 1.54) is 30.9 Å². The molecule has 1 aromatic heterocycles. The first kappa shape index (κ1) is 14.2. The summed E-state index contributed by atoms with van der Waals surface area (Å²) in [5, 5.41) is 0. The van der Waals surface area contributed by atoms with Crippen molar-refractivity contribution in [3.63, 3.8) is 0 Å². The number of carbonyl (C=O) groups is 1. The number of allylic oxidation sites excluding steroid dienone is 1. The van der Waals surface area contributed by atoms with Crippen LogP contribution in [0, 0.1) is 0 Å². The molecule has 1 aromatic rings. The molecule has 0 bridgehead atoms. The van der Waals surface area contributed by atoms with Crippen LogP contribution in [0.2, 0.25) is 0 Å². The van der Waals surface area contributed by atoms with Crippen molar-refractivity contribution in [1.82, 2.24) is 0 Å². The predicted molar refractivity (Wildman–Crippen MR) is 63.1 cm³/mol. The Bertz CT molecular complexity index is 415. The van der Waals surface area contributed by atoms with Crippen LogP contribution in [0.1, 0.15) is 10.6 Å². The Balaban J connectivity index is 3.26. The second-order valence-electron chi connectivity index (χ2n) is 2.87. The average Bonchev–Trinajstić information content (AvgIpc) is 2.76. The number of carbonyl (C=O) groups excluding carboxylic acids is 1. The molecule has 1 heterocycles. The zero-order valence-corrected chi connectivity index (χ0v) is 10.6. The van der Waals surface area contributed by atoms with Crippen LogP contribution in [0.5, 0.6) is 0 Å². The number of hydrogen-bond acceptors (Lipinski definition) is 4. The highest BCUT2D eigenvalue weighted by atomic mass is 32.2. The average molecular weight is 282 g/mol. The van der Waals surface area contributed by atoms with Crippen LogP contribution in [0.3, 0.4) is 0 Å². The second kappa shape index (κ2) is 5.68. The van der Waals surface area contributed by atoms with Gasteiger partial charge in [-0.15, -0.1) is 23.5 Å². The number of Topliss-reactive ketones (excluding diaryl/α,β-unsaturated/α-hetero) is 1. The summed E-state index contributed by atoms with van der Waals surface area (Å²) in [5.74, 6) is -1.45. The third-order valence-electron chi connectivity index (χ3n) is 1.83. The molecule has 0 radical (unpaired) electrons. The van der Waals surface area contributed by atoms with Crippen LogP contribution in [-0.4, -0.2) is 24.5 Å². The van der Waals surface area contributed by atoms with Crippen molar-refractivity contribution in [3.8, 4) is 0 Å². The minimum atomic E-state index is -4.69. The summed E-state index contributed by atoms with van der Waals surface area (Å²) in [6.07, 6.45) is -0.537. The van der Waals surface area contributed by atoms with Crippen LogP contribution < -0.4 is 0 Å². The summed E-state index contributed by atoms with van der Waals surface area (Å²) in [4.78, 5) is 11.7. The lowest BCUT2D eigenvalue weighted by molar-refractivity contribution is -0.0888. The van der Waals surface area contributed by atoms with Crippen LogP contribution in [-0.2, 0) is 0 Å². The third kappa shape index (κ3) is 3.32. The van der Waals surface area contributed by atoms with E-state index in [2.05, 4.69) is 0 Å². The lowest BCUT2D eigenvalue weighted by Gasteiger charge is -2.13. The molecule has 0 aromatic carbocycles. The minimum absolute atomic E-state index is 0.0705. The molecule has 0 saturated carbocycles. The second-order valence-corrected chi connectivity index (χ2v) is 4.77. The zero-order valence-electron chi connectivity index (χ0n) is 9.00. The fraction of sp³-hybridized carbons (Fsp3) is 0.300. The minimum Gasteiger partial charge on any atom is -0.461 e. The number of ketones is 1. The molecule has 7 heteroatoms. The highest BCUT2D eigenvalue weighted by molar-refractivity contribution is 8.21. The summed E-state index contributed by atoms with van der Waals surface area (Å²) in [6.45, 7) is 0. The van der Waals surface area contributed by atoms with Gasteiger partial charge >= 0.3 is 6.18 Å². The molecule has 2 nitrogen and oxygen atoms in total. The Hall–Kier alpha value is -0.820. The quantitative estimate of drug-likeness (QED) is 0.617. The first-order chi connectivity index (χ1) is 7.91. The summed E-state index contributed by atoms with van der Waals surface area (Å²) in [5.41, 5.74) is -1.17. The van der Waals surface area contributed by atoms with Crippen molar-refractivity contribution in [1.29, 1.82) is 0 Å². The summed E-state index contributed by atoms with van der Waals surface area (Å²) in [7, 11) is 0. The standard InChI is InChI=1S/C10H9F3O2S2/c1-16-9(17-2)7(10(11,12)13)8(14)6-4-3-5-15-6/h3-5H,1-2H3. The lowest BCUT2D eigenvalue weighted by Crippen LogP contribution is -2.21. The molecule has 0 atom stereocenters. The largest absolute Gasteiger partial charge is 0.461 e. The molecule has 0 aliphatic heterocycles. The van der Waals surface area contributed by atoms with Gasteiger partial charge < -0.3 is 4.42 Å². The molecule has 0 aliphatic carbocycles. The number of halogens is 3. The maximum Gasteiger partial charge on any atom is 0.421 e. The van der Waals surface area contributed by atoms with Gasteiger partial charge in [-0.3, -0.25) is 4.79 Å². The Labute approximate surface area is 105 Å². The van der Waals surface area contributed by atoms with Gasteiger partial charge in [0.05, 0.1) is 10.5 Å². The summed E-state index contributed by atoms with van der Waals surface area (Å²) >= 11 is 1.78. The molecule has 94 valence electrons. The van der Waals surface area contributed by atoms with Crippen LogP contribution in [0.15, 0.2) is 32.6 Å². The molecule has 0 N–H and O–H groups in total. The molecule has 0 saturated heterocycles. The van der Waals surface area contributed by atoms with Crippen molar-refractivity contribution in [2.75, 3.05) is 12.5 Å². The summed E-state index contributed by atoms with van der Waals surface area (Å²) in [6, 6.07) is 2.59. The molecule has 0 unspecified atom stereocenters. The van der Waals surface area contributed by atoms with Crippen molar-refractivity contribution >= 4 is 29.3 Å². The molecule has 0 fully saturated rings. The van der Waals surface area contributed by atoms with Gasteiger partial charge in [0.2, 0.25) is 5.78 Å². The van der Waals surface area contributed by atoms with E-state index in [9.17, 15) is 18.0 Å². The van der Waals surface area contributed by atoms with Crippen LogP contribution in [0.25, 0.3) is 0 Å². The van der Waals surface area contributed by atoms with E-state index in [0.29, 0.717) is 0 Å². The van der Waals surface area contributed by atoms with E-state index >= 15 is 0 Å². The lowest BCUT2D eigenvalue weighted by atomic mass is 10.1. The van der Waals surface area contributed by atoms with Crippen molar-refractivity contribution in [2.45, 2.75) is 6.18 Å². The predicted octanol–water partition coefficient (Wildman–Crippen LogP) is 3.96. The molecule has 17 heavy (non-hydrogen) atoms. The highest BCUT2D eigenvalue weighted by Gasteiger charge is 2.42. The van der Waals surface area contributed by atoms with Gasteiger partial charge in [0.1, 0.15) is 5.57 Å². The van der Waals surface area contributed by atoms with Crippen LogP contribution in [0.4, 0.5) is 13.2 Å². The molecule has 0 aliphatic rings. The molecular weight excluding hydrogens is 273 g/mol. The normalized spacial score (nSPS) is 11.4. The fourth-order valence-electron chi connectivity index (χ4n) is 1.16. The monoisotopic (exact) mass is 282 g/mol. The Morgan fingerprint density at radius 2 is 1.88 bits per heavy atom. The SMILES string of the molecule is CSC(SC)=C(C(=O)c1ccco1)C(F)(F)F. The Kier molecular flexibility index (Phi) is 4.76. The maximum atomic E-state index is 12.8. The van der Waals surface area contributed by atoms with Gasteiger partial charge in [-0.05, 0) is 24.6 Å². The Morgan fingerprint density at radius 1 is 1.29 bits per heavy atom. The number of alkyl halides is 3. The maximum absolute atomic E-state index is 12.8.